The molecule has 2 rings (SSSR count). The van der Waals surface area contributed by atoms with Crippen molar-refractivity contribution in [2.75, 3.05) is 0 Å². The van der Waals surface area contributed by atoms with Gasteiger partial charge in [0.2, 0.25) is 6.29 Å². The van der Waals surface area contributed by atoms with Crippen LogP contribution in [0.2, 0.25) is 0 Å². The van der Waals surface area contributed by atoms with Crippen LogP contribution < -0.4 is 5.32 Å². The second-order valence-electron chi connectivity index (χ2n) is 4.50. The molecule has 0 aromatic heterocycles. The van der Waals surface area contributed by atoms with Crippen LogP contribution in [-0.2, 0) is 19.0 Å². The van der Waals surface area contributed by atoms with E-state index in [2.05, 4.69) is 5.32 Å². The predicted octanol–water partition coefficient (Wildman–Crippen LogP) is 1.50. The molecular formula is C12H19NO4. The molecule has 4 atom stereocenters. The Morgan fingerprint density at radius 3 is 2.71 bits per heavy atom. The maximum absolute atomic E-state index is 11.2. The first-order valence-corrected chi connectivity index (χ1v) is 6.02. The van der Waals surface area contributed by atoms with Crippen LogP contribution in [0.25, 0.3) is 0 Å². The van der Waals surface area contributed by atoms with Crippen molar-refractivity contribution in [1.29, 1.82) is 0 Å². The molecule has 1 fully saturated rings. The summed E-state index contributed by atoms with van der Waals surface area (Å²) in [4.78, 5) is 11.2. The number of carbonyl (C=O) groups excluding carboxylic acids is 1. The predicted molar refractivity (Wildman–Crippen MR) is 60.6 cm³/mol. The SMILES string of the molecule is CC[C@H]1O[C@@H]2OC(C)NC2=C(OC(C)=O)[C@H]1C. The summed E-state index contributed by atoms with van der Waals surface area (Å²) in [6, 6.07) is 0. The van der Waals surface area contributed by atoms with Crippen LogP contribution in [0.15, 0.2) is 11.5 Å². The second-order valence-corrected chi connectivity index (χ2v) is 4.50. The van der Waals surface area contributed by atoms with E-state index in [9.17, 15) is 4.79 Å². The van der Waals surface area contributed by atoms with Crippen molar-refractivity contribution in [3.8, 4) is 0 Å². The number of nitrogens with one attached hydrogen (secondary N) is 1. The summed E-state index contributed by atoms with van der Waals surface area (Å²) in [6.07, 6.45) is 0.321. The summed E-state index contributed by atoms with van der Waals surface area (Å²) in [7, 11) is 0. The number of esters is 1. The van der Waals surface area contributed by atoms with Gasteiger partial charge in [-0.2, -0.15) is 0 Å². The Balaban J connectivity index is 2.31. The fraction of sp³-hybridized carbons (Fsp3) is 0.750. The highest BCUT2D eigenvalue weighted by atomic mass is 16.7. The highest BCUT2D eigenvalue weighted by Gasteiger charge is 2.41. The van der Waals surface area contributed by atoms with E-state index < -0.39 is 6.29 Å². The maximum atomic E-state index is 11.2. The first-order valence-electron chi connectivity index (χ1n) is 6.02. The van der Waals surface area contributed by atoms with E-state index in [1.165, 1.54) is 6.92 Å². The minimum atomic E-state index is -0.430. The zero-order chi connectivity index (χ0) is 12.6. The molecule has 1 N–H and O–H groups in total. The van der Waals surface area contributed by atoms with Crippen LogP contribution in [0.3, 0.4) is 0 Å². The van der Waals surface area contributed by atoms with Crippen LogP contribution in [0.5, 0.6) is 0 Å². The maximum Gasteiger partial charge on any atom is 0.307 e. The lowest BCUT2D eigenvalue weighted by atomic mass is 9.96. The highest BCUT2D eigenvalue weighted by Crippen LogP contribution is 2.35. The zero-order valence-electron chi connectivity index (χ0n) is 10.6. The van der Waals surface area contributed by atoms with Gasteiger partial charge in [0.1, 0.15) is 17.7 Å². The van der Waals surface area contributed by atoms with Crippen LogP contribution >= 0.6 is 0 Å². The molecule has 0 aromatic carbocycles. The van der Waals surface area contributed by atoms with Crippen molar-refractivity contribution in [3.05, 3.63) is 11.5 Å². The van der Waals surface area contributed by atoms with Crippen molar-refractivity contribution in [2.24, 2.45) is 5.92 Å². The fourth-order valence-electron chi connectivity index (χ4n) is 2.31. The molecule has 5 nitrogen and oxygen atoms in total. The molecule has 0 aliphatic carbocycles. The monoisotopic (exact) mass is 241 g/mol. The van der Waals surface area contributed by atoms with Gasteiger partial charge in [-0.1, -0.05) is 13.8 Å². The van der Waals surface area contributed by atoms with Gasteiger partial charge in [-0.25, -0.2) is 0 Å². The first kappa shape index (κ1) is 12.4. The lowest BCUT2D eigenvalue weighted by Crippen LogP contribution is -2.37. The van der Waals surface area contributed by atoms with Gasteiger partial charge in [0.25, 0.3) is 0 Å². The summed E-state index contributed by atoms with van der Waals surface area (Å²) in [6.45, 7) is 7.35. The Kier molecular flexibility index (Phi) is 3.40. The second kappa shape index (κ2) is 4.66. The molecule has 0 aromatic rings. The number of carbonyl (C=O) groups is 1. The Bertz CT molecular complexity index is 352. The Morgan fingerprint density at radius 2 is 2.12 bits per heavy atom. The van der Waals surface area contributed by atoms with Crippen LogP contribution in [0, 0.1) is 5.92 Å². The van der Waals surface area contributed by atoms with Gasteiger partial charge in [0.15, 0.2) is 0 Å². The van der Waals surface area contributed by atoms with E-state index >= 15 is 0 Å². The van der Waals surface area contributed by atoms with Crippen molar-refractivity contribution in [3.63, 3.8) is 0 Å². The highest BCUT2D eigenvalue weighted by molar-refractivity contribution is 5.67. The lowest BCUT2D eigenvalue weighted by molar-refractivity contribution is -0.171. The quantitative estimate of drug-likeness (QED) is 0.742. The third kappa shape index (κ3) is 2.30. The molecule has 2 heterocycles. The average molecular weight is 241 g/mol. The van der Waals surface area contributed by atoms with E-state index in [-0.39, 0.29) is 24.2 Å². The molecule has 2 aliphatic heterocycles. The molecule has 17 heavy (non-hydrogen) atoms. The fourth-order valence-corrected chi connectivity index (χ4v) is 2.31. The molecule has 1 unspecified atom stereocenters. The minimum absolute atomic E-state index is 0.0187. The van der Waals surface area contributed by atoms with Gasteiger partial charge in [-0.3, -0.25) is 4.79 Å². The van der Waals surface area contributed by atoms with Crippen molar-refractivity contribution in [1.82, 2.24) is 5.32 Å². The van der Waals surface area contributed by atoms with E-state index in [0.717, 1.165) is 12.1 Å². The standard InChI is InChI=1S/C12H19NO4/c1-5-9-6(2)11(16-8(4)14)10-12(17-9)15-7(3)13-10/h6-7,9,12-13H,5H2,1-4H3/t6-,7?,9+,12-/m0/s1. The summed E-state index contributed by atoms with van der Waals surface area (Å²) in [5.41, 5.74) is 0.755. The molecule has 2 aliphatic rings. The van der Waals surface area contributed by atoms with Crippen molar-refractivity contribution in [2.45, 2.75) is 52.7 Å². The van der Waals surface area contributed by atoms with Crippen LogP contribution in [0.1, 0.15) is 34.1 Å². The Hall–Kier alpha value is -1.07. The molecule has 0 amide bonds. The first-order chi connectivity index (χ1) is 8.02. The largest absolute Gasteiger partial charge is 0.429 e. The molecule has 0 radical (unpaired) electrons. The van der Waals surface area contributed by atoms with Crippen molar-refractivity contribution >= 4 is 5.97 Å². The van der Waals surface area contributed by atoms with E-state index in [4.69, 9.17) is 14.2 Å². The average Bonchev–Trinajstić information content (AvgIpc) is 2.62. The number of hydrogen-bond donors (Lipinski definition) is 1. The number of hydrogen-bond acceptors (Lipinski definition) is 5. The van der Waals surface area contributed by atoms with Crippen LogP contribution in [0.4, 0.5) is 0 Å². The van der Waals surface area contributed by atoms with Gasteiger partial charge in [-0.15, -0.1) is 0 Å². The third-order valence-corrected chi connectivity index (χ3v) is 3.11. The summed E-state index contributed by atoms with van der Waals surface area (Å²) < 4.78 is 16.7. The summed E-state index contributed by atoms with van der Waals surface area (Å²) in [5.74, 6) is 0.401. The summed E-state index contributed by atoms with van der Waals surface area (Å²) in [5, 5.41) is 3.14. The molecule has 1 saturated heterocycles. The molecular weight excluding hydrogens is 222 g/mol. The van der Waals surface area contributed by atoms with Gasteiger partial charge in [0.05, 0.1) is 6.10 Å². The number of rotatable bonds is 2. The number of ether oxygens (including phenoxy) is 3. The summed E-state index contributed by atoms with van der Waals surface area (Å²) >= 11 is 0. The minimum Gasteiger partial charge on any atom is -0.429 e. The molecule has 0 spiro atoms. The van der Waals surface area contributed by atoms with E-state index in [1.807, 2.05) is 20.8 Å². The van der Waals surface area contributed by atoms with Gasteiger partial charge >= 0.3 is 5.97 Å². The lowest BCUT2D eigenvalue weighted by Gasteiger charge is -2.33. The normalized spacial score (nSPS) is 36.5. The molecule has 5 heteroatoms. The zero-order valence-corrected chi connectivity index (χ0v) is 10.6. The number of fused-ring (bicyclic) bond motifs is 1. The van der Waals surface area contributed by atoms with Crippen molar-refractivity contribution < 1.29 is 19.0 Å². The topological polar surface area (TPSA) is 56.8 Å². The van der Waals surface area contributed by atoms with Crippen LogP contribution in [-0.4, -0.2) is 24.6 Å². The van der Waals surface area contributed by atoms with Gasteiger partial charge < -0.3 is 19.5 Å². The molecule has 96 valence electrons. The Labute approximate surface area is 101 Å². The third-order valence-electron chi connectivity index (χ3n) is 3.11. The molecule has 0 bridgehead atoms. The smallest absolute Gasteiger partial charge is 0.307 e. The molecule has 0 saturated carbocycles. The Morgan fingerprint density at radius 1 is 1.41 bits per heavy atom. The van der Waals surface area contributed by atoms with Gasteiger partial charge in [0, 0.05) is 12.8 Å². The van der Waals surface area contributed by atoms with Gasteiger partial charge in [-0.05, 0) is 13.3 Å². The van der Waals surface area contributed by atoms with E-state index in [1.54, 1.807) is 0 Å². The van der Waals surface area contributed by atoms with E-state index in [0.29, 0.717) is 5.76 Å².